The highest BCUT2D eigenvalue weighted by Gasteiger charge is 2.10. The van der Waals surface area contributed by atoms with E-state index in [2.05, 4.69) is 138 Å². The number of benzene rings is 8. The average molecular weight is 1120 g/mol. The quantitative estimate of drug-likeness (QED) is 0.113. The summed E-state index contributed by atoms with van der Waals surface area (Å²) in [5, 5.41) is 4.22. The second-order valence-corrected chi connectivity index (χ2v) is 19.4. The summed E-state index contributed by atoms with van der Waals surface area (Å²) >= 11 is 7.33. The summed E-state index contributed by atoms with van der Waals surface area (Å²) in [5.74, 6) is 0. The lowest BCUT2D eigenvalue weighted by atomic mass is 10.1. The van der Waals surface area contributed by atoms with Gasteiger partial charge >= 0.3 is 0 Å². The monoisotopic (exact) mass is 1120 g/mol. The molecule has 0 atom stereocenters. The van der Waals surface area contributed by atoms with Crippen LogP contribution in [0.25, 0.3) is 44.3 Å². The molecule has 12 rings (SSSR count). The van der Waals surface area contributed by atoms with Crippen LogP contribution in [0.3, 0.4) is 0 Å². The van der Waals surface area contributed by atoms with Crippen LogP contribution < -0.4 is 0 Å². The number of halogens is 2. The van der Waals surface area contributed by atoms with E-state index >= 15 is 0 Å². The average Bonchev–Trinajstić information content (AvgIpc) is 4.33. The number of fused-ring (bicyclic) bond motifs is 2. The topological polar surface area (TPSA) is 121 Å². The Labute approximate surface area is 455 Å². The number of aromatic nitrogens is 8. The number of aliphatic imine (C=N–C) groups is 4. The molecule has 0 aliphatic rings. The molecule has 14 heteroatoms. The molecule has 0 aliphatic heterocycles. The fourth-order valence-corrected chi connectivity index (χ4v) is 10.1. The summed E-state index contributed by atoms with van der Waals surface area (Å²) in [4.78, 5) is 35.8. The zero-order chi connectivity index (χ0) is 51.8. The number of hydrogen-bond donors (Lipinski definition) is 0. The molecule has 4 aromatic heterocycles. The van der Waals surface area contributed by atoms with E-state index in [1.165, 1.54) is 0 Å². The van der Waals surface area contributed by atoms with E-state index < -0.39 is 0 Å². The standard InChI is InChI=1S/C32H26N6.C30H20Br2N6/c1-23-17-25(7-11-31(23)37-15-13-33-21-37)19-35-29-9-10-30(28-6-4-3-5-27(28)29)36-20-26-8-12-32(24(2)18-26)38-16-14-34-22-38;31-25-15-21(5-9-29(25)37-13-11-33-19-37)17-35-27-7-8-28(24-4-2-1-3-23(24)27)36-18-22-6-10-30(26(32)16-22)38-14-12-34-20-38/h3-22H,1-2H3;1-20H. The summed E-state index contributed by atoms with van der Waals surface area (Å²) in [6, 6.07) is 49.5. The third-order valence-electron chi connectivity index (χ3n) is 12.7. The Balaban J connectivity index is 0.000000162. The second-order valence-electron chi connectivity index (χ2n) is 17.7. The first kappa shape index (κ1) is 49.0. The van der Waals surface area contributed by atoms with Crippen molar-refractivity contribution in [2.75, 3.05) is 0 Å². The van der Waals surface area contributed by atoms with Gasteiger partial charge in [-0.05, 0) is 152 Å². The smallest absolute Gasteiger partial charge is 0.0992 e. The summed E-state index contributed by atoms with van der Waals surface area (Å²) in [6.45, 7) is 4.20. The Morgan fingerprint density at radius 1 is 0.342 bits per heavy atom. The minimum absolute atomic E-state index is 0.891. The lowest BCUT2D eigenvalue weighted by Crippen LogP contribution is -1.95. The van der Waals surface area contributed by atoms with Crippen LogP contribution in [0.4, 0.5) is 22.7 Å². The van der Waals surface area contributed by atoms with E-state index in [0.717, 1.165) is 109 Å². The molecule has 12 aromatic rings. The van der Waals surface area contributed by atoms with Gasteiger partial charge in [0.15, 0.2) is 0 Å². The predicted octanol–water partition coefficient (Wildman–Crippen LogP) is 15.6. The molecular formula is C62H46Br2N12. The van der Waals surface area contributed by atoms with Crippen molar-refractivity contribution < 1.29 is 0 Å². The Bertz CT molecular complexity index is 3570. The van der Waals surface area contributed by atoms with E-state index in [4.69, 9.17) is 20.0 Å². The van der Waals surface area contributed by atoms with Crippen LogP contribution in [0.15, 0.2) is 249 Å². The van der Waals surface area contributed by atoms with Crippen molar-refractivity contribution in [3.8, 4) is 22.7 Å². The van der Waals surface area contributed by atoms with Gasteiger partial charge in [-0.3, -0.25) is 20.0 Å². The van der Waals surface area contributed by atoms with E-state index in [-0.39, 0.29) is 0 Å². The fraction of sp³-hybridized carbons (Fsp3) is 0.0323. The van der Waals surface area contributed by atoms with Gasteiger partial charge in [-0.1, -0.05) is 72.8 Å². The van der Waals surface area contributed by atoms with Crippen LogP contribution in [-0.4, -0.2) is 63.1 Å². The molecule has 0 aliphatic carbocycles. The number of rotatable bonds is 12. The molecule has 0 N–H and O–H groups in total. The van der Waals surface area contributed by atoms with Crippen LogP contribution in [0.5, 0.6) is 0 Å². The molecule has 0 spiro atoms. The van der Waals surface area contributed by atoms with Gasteiger partial charge in [0.05, 0.1) is 59.4 Å². The van der Waals surface area contributed by atoms with Gasteiger partial charge in [-0.2, -0.15) is 0 Å². The Morgan fingerprint density at radius 2 is 0.618 bits per heavy atom. The zero-order valence-corrected chi connectivity index (χ0v) is 44.4. The molecule has 0 saturated carbocycles. The normalized spacial score (nSPS) is 11.7. The number of hydrogen-bond acceptors (Lipinski definition) is 8. The molecule has 0 amide bonds. The predicted molar refractivity (Wildman–Crippen MR) is 316 cm³/mol. The second kappa shape index (κ2) is 22.5. The SMILES string of the molecule is Brc1cc(C=Nc2ccc(N=Cc3ccc(-n4ccnc4)c(Br)c3)c3ccccc23)ccc1-n1ccnc1.Cc1cc(C=Nc2ccc(N=Cc3ccc(-n4ccnc4)c(C)c3)c3ccccc23)ccc1-n1ccnc1. The molecule has 0 saturated heterocycles. The molecule has 8 aromatic carbocycles. The largest absolute Gasteiger partial charge is 0.306 e. The third-order valence-corrected chi connectivity index (χ3v) is 14.0. The minimum atomic E-state index is 0.891. The van der Waals surface area contributed by atoms with Crippen molar-refractivity contribution in [2.24, 2.45) is 20.0 Å². The van der Waals surface area contributed by atoms with Gasteiger partial charge in [0.1, 0.15) is 0 Å². The van der Waals surface area contributed by atoms with Gasteiger partial charge in [0, 0.05) is 116 Å². The van der Waals surface area contributed by atoms with Crippen molar-refractivity contribution in [2.45, 2.75) is 13.8 Å². The van der Waals surface area contributed by atoms with Crippen LogP contribution in [0, 0.1) is 13.8 Å². The Morgan fingerprint density at radius 3 is 0.882 bits per heavy atom. The summed E-state index contributed by atoms with van der Waals surface area (Å²) in [5.41, 5.74) is 14.3. The molecule has 76 heavy (non-hydrogen) atoms. The summed E-state index contributed by atoms with van der Waals surface area (Å²) in [7, 11) is 0. The molecule has 0 fully saturated rings. The third kappa shape index (κ3) is 11.0. The van der Waals surface area contributed by atoms with Crippen molar-refractivity contribution in [1.82, 2.24) is 38.2 Å². The fourth-order valence-electron chi connectivity index (χ4n) is 8.89. The van der Waals surface area contributed by atoms with Crippen molar-refractivity contribution in [3.05, 3.63) is 263 Å². The summed E-state index contributed by atoms with van der Waals surface area (Å²) < 4.78 is 9.89. The Hall–Kier alpha value is -9.24. The molecule has 368 valence electrons. The first-order valence-corrected chi connectivity index (χ1v) is 25.8. The number of imidazole rings is 4. The van der Waals surface area contributed by atoms with E-state index in [1.54, 1.807) is 37.4 Å². The number of nitrogens with zero attached hydrogens (tertiary/aromatic N) is 12. The lowest BCUT2D eigenvalue weighted by Gasteiger charge is -2.08. The van der Waals surface area contributed by atoms with Crippen LogP contribution in [0.2, 0.25) is 0 Å². The van der Waals surface area contributed by atoms with Crippen molar-refractivity contribution in [1.29, 1.82) is 0 Å². The molecular weight excluding hydrogens is 1070 g/mol. The van der Waals surface area contributed by atoms with E-state index in [0.29, 0.717) is 0 Å². The molecule has 0 radical (unpaired) electrons. The number of aryl methyl sites for hydroxylation is 2. The van der Waals surface area contributed by atoms with Crippen molar-refractivity contribution >= 4 is 101 Å². The van der Waals surface area contributed by atoms with Gasteiger partial charge in [-0.25, -0.2) is 19.9 Å². The van der Waals surface area contributed by atoms with Crippen molar-refractivity contribution in [3.63, 3.8) is 0 Å². The zero-order valence-electron chi connectivity index (χ0n) is 41.2. The first-order valence-electron chi connectivity index (χ1n) is 24.2. The van der Waals surface area contributed by atoms with Crippen LogP contribution in [-0.2, 0) is 0 Å². The van der Waals surface area contributed by atoms with Gasteiger partial charge in [0.2, 0.25) is 0 Å². The molecule has 4 heterocycles. The van der Waals surface area contributed by atoms with Crippen LogP contribution in [0.1, 0.15) is 33.4 Å². The molecule has 0 bridgehead atoms. The van der Waals surface area contributed by atoms with Crippen LogP contribution >= 0.6 is 31.9 Å². The molecule has 0 unspecified atom stereocenters. The van der Waals surface area contributed by atoms with Gasteiger partial charge in [0.25, 0.3) is 0 Å². The van der Waals surface area contributed by atoms with E-state index in [1.807, 2.05) is 153 Å². The summed E-state index contributed by atoms with van der Waals surface area (Å²) in [6.07, 6.45) is 29.6. The highest BCUT2D eigenvalue weighted by Crippen LogP contribution is 2.36. The maximum atomic E-state index is 4.84. The molecule has 12 nitrogen and oxygen atoms in total. The minimum Gasteiger partial charge on any atom is -0.306 e. The Kier molecular flexibility index (Phi) is 14.5. The maximum absolute atomic E-state index is 4.84. The lowest BCUT2D eigenvalue weighted by molar-refractivity contribution is 1.04. The highest BCUT2D eigenvalue weighted by atomic mass is 79.9. The first-order chi connectivity index (χ1) is 37.3. The van der Waals surface area contributed by atoms with Gasteiger partial charge < -0.3 is 18.3 Å². The maximum Gasteiger partial charge on any atom is 0.0992 e. The van der Waals surface area contributed by atoms with E-state index in [9.17, 15) is 0 Å². The highest BCUT2D eigenvalue weighted by molar-refractivity contribution is 9.11. The van der Waals surface area contributed by atoms with Gasteiger partial charge in [-0.15, -0.1) is 0 Å².